The van der Waals surface area contributed by atoms with Crippen molar-refractivity contribution in [3.63, 3.8) is 0 Å². The van der Waals surface area contributed by atoms with E-state index < -0.39 is 11.9 Å². The predicted molar refractivity (Wildman–Crippen MR) is 148 cm³/mol. The van der Waals surface area contributed by atoms with Crippen LogP contribution in [-0.2, 0) is 16.1 Å². The SMILES string of the molecule is CCOC(=O)C1=C(C)NC2=C(C(=O)c3ccccc32)[C@@H]1c1ccc(OCc2cccc3ccccc23)cc1. The van der Waals surface area contributed by atoms with Gasteiger partial charge in [-0.3, -0.25) is 4.79 Å². The van der Waals surface area contributed by atoms with Gasteiger partial charge in [0, 0.05) is 28.3 Å². The minimum atomic E-state index is -0.544. The number of benzene rings is 4. The van der Waals surface area contributed by atoms with Crippen LogP contribution in [0.3, 0.4) is 0 Å². The van der Waals surface area contributed by atoms with E-state index in [1.54, 1.807) is 6.92 Å². The average molecular weight is 502 g/mol. The van der Waals surface area contributed by atoms with E-state index in [-0.39, 0.29) is 12.4 Å². The first-order chi connectivity index (χ1) is 18.6. The summed E-state index contributed by atoms with van der Waals surface area (Å²) in [6, 6.07) is 29.7. The van der Waals surface area contributed by atoms with Gasteiger partial charge in [-0.25, -0.2) is 4.79 Å². The summed E-state index contributed by atoms with van der Waals surface area (Å²) in [6.07, 6.45) is 0. The Kier molecular flexibility index (Phi) is 6.04. The van der Waals surface area contributed by atoms with Crippen molar-refractivity contribution in [2.24, 2.45) is 0 Å². The van der Waals surface area contributed by atoms with Crippen LogP contribution in [0.5, 0.6) is 5.75 Å². The number of ether oxygens (including phenoxy) is 2. The molecule has 0 bridgehead atoms. The average Bonchev–Trinajstić information content (AvgIpc) is 3.23. The summed E-state index contributed by atoms with van der Waals surface area (Å²) < 4.78 is 11.6. The maximum absolute atomic E-state index is 13.6. The number of hydrogen-bond donors (Lipinski definition) is 1. The molecule has 0 unspecified atom stereocenters. The van der Waals surface area contributed by atoms with Crippen molar-refractivity contribution in [1.82, 2.24) is 5.32 Å². The van der Waals surface area contributed by atoms with Gasteiger partial charge in [-0.15, -0.1) is 0 Å². The molecule has 0 aromatic heterocycles. The second kappa shape index (κ2) is 9.67. The lowest BCUT2D eigenvalue weighted by Gasteiger charge is -2.29. The van der Waals surface area contributed by atoms with E-state index in [1.165, 1.54) is 10.8 Å². The summed E-state index contributed by atoms with van der Waals surface area (Å²) in [5.41, 5.74) is 5.92. The molecule has 5 nitrogen and oxygen atoms in total. The van der Waals surface area contributed by atoms with Crippen molar-refractivity contribution < 1.29 is 19.1 Å². The number of dihydropyridines is 1. The fraction of sp³-hybridized carbons (Fsp3) is 0.152. The molecular weight excluding hydrogens is 474 g/mol. The summed E-state index contributed by atoms with van der Waals surface area (Å²) in [4.78, 5) is 26.7. The minimum absolute atomic E-state index is 0.0707. The van der Waals surface area contributed by atoms with Crippen LogP contribution in [0.25, 0.3) is 16.5 Å². The van der Waals surface area contributed by atoms with Crippen LogP contribution < -0.4 is 10.1 Å². The molecule has 6 rings (SSSR count). The van der Waals surface area contributed by atoms with Crippen molar-refractivity contribution >= 4 is 28.2 Å². The standard InChI is InChI=1S/C33H27NO4/c1-3-37-33(36)28-20(2)34-31-26-13-6-7-14-27(26)32(35)30(31)29(28)22-15-17-24(18-16-22)38-19-23-11-8-10-21-9-4-5-12-25(21)23/h4-18,29,34H,3,19H2,1-2H3/t29-/m1/s1. The predicted octanol–water partition coefficient (Wildman–Crippen LogP) is 6.55. The van der Waals surface area contributed by atoms with Crippen LogP contribution in [0.15, 0.2) is 108 Å². The Balaban J connectivity index is 1.33. The molecular formula is C33H27NO4. The number of fused-ring (bicyclic) bond motifs is 3. The maximum Gasteiger partial charge on any atom is 0.336 e. The van der Waals surface area contributed by atoms with Crippen LogP contribution in [0, 0.1) is 0 Å². The number of Topliss-reactive ketones (excluding diaryl/α,β-unsaturated/α-hetero) is 1. The lowest BCUT2D eigenvalue weighted by atomic mass is 9.80. The van der Waals surface area contributed by atoms with Crippen LogP contribution in [0.4, 0.5) is 0 Å². The Morgan fingerprint density at radius 1 is 0.868 bits per heavy atom. The van der Waals surface area contributed by atoms with E-state index in [4.69, 9.17) is 9.47 Å². The van der Waals surface area contributed by atoms with E-state index in [2.05, 4.69) is 29.6 Å². The number of carbonyl (C=O) groups excluding carboxylic acids is 2. The second-order valence-electron chi connectivity index (χ2n) is 9.48. The first-order valence-corrected chi connectivity index (χ1v) is 12.8. The van der Waals surface area contributed by atoms with Gasteiger partial charge >= 0.3 is 5.97 Å². The first-order valence-electron chi connectivity index (χ1n) is 12.8. The van der Waals surface area contributed by atoms with Gasteiger partial charge in [0.1, 0.15) is 12.4 Å². The highest BCUT2D eigenvalue weighted by atomic mass is 16.5. The van der Waals surface area contributed by atoms with Crippen molar-refractivity contribution in [3.8, 4) is 5.75 Å². The zero-order valence-corrected chi connectivity index (χ0v) is 21.3. The summed E-state index contributed by atoms with van der Waals surface area (Å²) in [5, 5.41) is 5.67. The summed E-state index contributed by atoms with van der Waals surface area (Å²) >= 11 is 0. The van der Waals surface area contributed by atoms with Crippen LogP contribution in [0.2, 0.25) is 0 Å². The van der Waals surface area contributed by atoms with Crippen molar-refractivity contribution in [1.29, 1.82) is 0 Å². The van der Waals surface area contributed by atoms with Crippen LogP contribution >= 0.6 is 0 Å². The molecule has 2 aliphatic rings. The number of ketones is 1. The smallest absolute Gasteiger partial charge is 0.336 e. The number of rotatable bonds is 6. The largest absolute Gasteiger partial charge is 0.489 e. The van der Waals surface area contributed by atoms with Gasteiger partial charge in [0.05, 0.1) is 17.9 Å². The Bertz CT molecular complexity index is 1640. The molecule has 1 heterocycles. The Hall–Kier alpha value is -4.64. The molecule has 1 aliphatic heterocycles. The van der Waals surface area contributed by atoms with E-state index in [1.807, 2.05) is 73.7 Å². The van der Waals surface area contributed by atoms with Crippen molar-refractivity contribution in [3.05, 3.63) is 130 Å². The van der Waals surface area contributed by atoms with E-state index in [0.717, 1.165) is 22.4 Å². The molecule has 0 saturated heterocycles. The molecule has 0 spiro atoms. The third-order valence-corrected chi connectivity index (χ3v) is 7.23. The molecule has 0 amide bonds. The summed E-state index contributed by atoms with van der Waals surface area (Å²) in [7, 11) is 0. The van der Waals surface area contributed by atoms with Crippen LogP contribution in [0.1, 0.15) is 46.8 Å². The van der Waals surface area contributed by atoms with Gasteiger partial charge < -0.3 is 14.8 Å². The molecule has 0 saturated carbocycles. The molecule has 4 aromatic carbocycles. The zero-order chi connectivity index (χ0) is 26.2. The maximum atomic E-state index is 13.6. The second-order valence-corrected chi connectivity index (χ2v) is 9.48. The minimum Gasteiger partial charge on any atom is -0.489 e. The Morgan fingerprint density at radius 3 is 2.37 bits per heavy atom. The third-order valence-electron chi connectivity index (χ3n) is 7.23. The molecule has 1 atom stereocenters. The Morgan fingerprint density at radius 2 is 1.58 bits per heavy atom. The number of carbonyl (C=O) groups is 2. The molecule has 5 heteroatoms. The van der Waals surface area contributed by atoms with Gasteiger partial charge in [-0.1, -0.05) is 78.9 Å². The lowest BCUT2D eigenvalue weighted by molar-refractivity contribution is -0.138. The highest BCUT2D eigenvalue weighted by Crippen LogP contribution is 2.46. The molecule has 1 N–H and O–H groups in total. The van der Waals surface area contributed by atoms with Crippen molar-refractivity contribution in [2.75, 3.05) is 6.61 Å². The number of hydrogen-bond acceptors (Lipinski definition) is 5. The zero-order valence-electron chi connectivity index (χ0n) is 21.3. The fourth-order valence-electron chi connectivity index (χ4n) is 5.48. The van der Waals surface area contributed by atoms with Gasteiger partial charge in [0.15, 0.2) is 5.78 Å². The van der Waals surface area contributed by atoms with Crippen LogP contribution in [-0.4, -0.2) is 18.4 Å². The molecule has 38 heavy (non-hydrogen) atoms. The van der Waals surface area contributed by atoms with Gasteiger partial charge in [-0.05, 0) is 47.9 Å². The quantitative estimate of drug-likeness (QED) is 0.304. The summed E-state index contributed by atoms with van der Waals surface area (Å²) in [5.74, 6) is -0.325. The molecule has 4 aromatic rings. The molecule has 0 fully saturated rings. The van der Waals surface area contributed by atoms with Gasteiger partial charge in [0.2, 0.25) is 0 Å². The van der Waals surface area contributed by atoms with Gasteiger partial charge in [0.25, 0.3) is 0 Å². The number of allylic oxidation sites excluding steroid dienone is 2. The van der Waals surface area contributed by atoms with Crippen molar-refractivity contribution in [2.45, 2.75) is 26.4 Å². The lowest BCUT2D eigenvalue weighted by Crippen LogP contribution is -2.29. The topological polar surface area (TPSA) is 64.6 Å². The summed E-state index contributed by atoms with van der Waals surface area (Å²) in [6.45, 7) is 4.33. The first kappa shape index (κ1) is 23.7. The number of esters is 1. The third kappa shape index (κ3) is 3.97. The van der Waals surface area contributed by atoms with E-state index in [9.17, 15) is 9.59 Å². The molecule has 0 radical (unpaired) electrons. The number of nitrogens with one attached hydrogen (secondary N) is 1. The highest BCUT2D eigenvalue weighted by Gasteiger charge is 2.42. The fourth-order valence-corrected chi connectivity index (χ4v) is 5.48. The van der Waals surface area contributed by atoms with E-state index >= 15 is 0 Å². The molecule has 1 aliphatic carbocycles. The van der Waals surface area contributed by atoms with E-state index in [0.29, 0.717) is 34.8 Å². The van der Waals surface area contributed by atoms with Gasteiger partial charge in [-0.2, -0.15) is 0 Å². The normalized spacial score (nSPS) is 16.3. The highest BCUT2D eigenvalue weighted by molar-refractivity contribution is 6.23. The Labute approximate surface area is 221 Å². The molecule has 188 valence electrons. The monoisotopic (exact) mass is 501 g/mol.